The molecule has 2 heterocycles. The number of aromatic hydroxyl groups is 1. The molecule has 0 saturated carbocycles. The zero-order chi connectivity index (χ0) is 22.6. The van der Waals surface area contributed by atoms with Crippen molar-refractivity contribution >= 4 is 27.1 Å². The first kappa shape index (κ1) is 22.9. The number of nitrogen functional groups attached to an aromatic ring is 1. The number of nitrogens with two attached hydrogens (primary N) is 1. The molecule has 0 amide bonds. The second-order valence-corrected chi connectivity index (χ2v) is 8.84. The number of nitrogens with one attached hydrogen (secondary N) is 1. The first-order valence-corrected chi connectivity index (χ1v) is 11.2. The van der Waals surface area contributed by atoms with Crippen molar-refractivity contribution in [3.05, 3.63) is 40.2 Å². The lowest BCUT2D eigenvalue weighted by Gasteiger charge is -2.16. The van der Waals surface area contributed by atoms with E-state index < -0.39 is 15.6 Å². The molecule has 1 aliphatic heterocycles. The molecule has 0 spiro atoms. The third-order valence-electron chi connectivity index (χ3n) is 4.93. The van der Waals surface area contributed by atoms with Crippen LogP contribution in [0.3, 0.4) is 0 Å². The molecule has 0 radical (unpaired) electrons. The van der Waals surface area contributed by atoms with Crippen LogP contribution in [-0.4, -0.2) is 49.1 Å². The van der Waals surface area contributed by atoms with Gasteiger partial charge in [0.2, 0.25) is 15.9 Å². The van der Waals surface area contributed by atoms with E-state index in [0.717, 1.165) is 17.4 Å². The predicted molar refractivity (Wildman–Crippen MR) is 113 cm³/mol. The van der Waals surface area contributed by atoms with Crippen molar-refractivity contribution in [2.75, 3.05) is 25.5 Å². The highest BCUT2D eigenvalue weighted by Gasteiger charge is 2.22. The Kier molecular flexibility index (Phi) is 7.05. The Hall–Kier alpha value is -2.80. The minimum Gasteiger partial charge on any atom is -0.493 e. The van der Waals surface area contributed by atoms with Crippen molar-refractivity contribution in [3.63, 3.8) is 0 Å². The number of anilines is 1. The number of aliphatic hydroxyl groups excluding tert-OH is 1. The number of rotatable bonds is 8. The molecule has 1 aromatic heterocycles. The van der Waals surface area contributed by atoms with E-state index >= 15 is 0 Å². The molecule has 1 aliphatic rings. The van der Waals surface area contributed by atoms with Crippen molar-refractivity contribution in [1.29, 1.82) is 0 Å². The number of aromatic nitrogens is 1. The van der Waals surface area contributed by atoms with Gasteiger partial charge in [-0.2, -0.15) is 5.11 Å². The topological polar surface area (TPSA) is 169 Å². The Morgan fingerprint density at radius 3 is 2.61 bits per heavy atom. The van der Waals surface area contributed by atoms with Gasteiger partial charge in [-0.1, -0.05) is 0 Å². The summed E-state index contributed by atoms with van der Waals surface area (Å²) in [5, 5.41) is 27.5. The number of nitrogens with zero attached hydrogens (tertiary/aromatic N) is 3. The van der Waals surface area contributed by atoms with Crippen LogP contribution < -0.4 is 16.0 Å². The van der Waals surface area contributed by atoms with Crippen LogP contribution in [0.1, 0.15) is 18.4 Å². The summed E-state index contributed by atoms with van der Waals surface area (Å²) in [6.45, 7) is 1.92. The molecule has 1 atom stereocenters. The Morgan fingerprint density at radius 1 is 1.29 bits per heavy atom. The first-order valence-electron chi connectivity index (χ1n) is 9.70. The van der Waals surface area contributed by atoms with Gasteiger partial charge in [-0.15, -0.1) is 5.11 Å². The molecule has 2 aromatic rings. The molecular weight excluding hydrogens is 426 g/mol. The van der Waals surface area contributed by atoms with Gasteiger partial charge in [-0.05, 0) is 44.0 Å². The second-order valence-electron chi connectivity index (χ2n) is 7.08. The van der Waals surface area contributed by atoms with Gasteiger partial charge in [-0.3, -0.25) is 9.36 Å². The molecule has 168 valence electrons. The third-order valence-corrected chi connectivity index (χ3v) is 6.41. The first-order chi connectivity index (χ1) is 14.7. The fraction of sp³-hybridized carbons (Fsp3) is 0.421. The van der Waals surface area contributed by atoms with Crippen LogP contribution in [0.15, 0.2) is 44.2 Å². The van der Waals surface area contributed by atoms with E-state index in [9.17, 15) is 18.3 Å². The number of hydrogen-bond donors (Lipinski definition) is 4. The van der Waals surface area contributed by atoms with Crippen LogP contribution in [0.5, 0.6) is 5.88 Å². The molecule has 1 saturated heterocycles. The number of pyridine rings is 1. The van der Waals surface area contributed by atoms with E-state index in [4.69, 9.17) is 15.6 Å². The average molecular weight is 452 g/mol. The van der Waals surface area contributed by atoms with E-state index in [1.165, 1.54) is 24.3 Å². The summed E-state index contributed by atoms with van der Waals surface area (Å²) in [4.78, 5) is 12.5. The van der Waals surface area contributed by atoms with E-state index in [-0.39, 0.29) is 48.0 Å². The molecule has 0 aliphatic carbocycles. The maximum absolute atomic E-state index is 12.5. The summed E-state index contributed by atoms with van der Waals surface area (Å²) in [6, 6.07) is 5.56. The number of aliphatic hydroxyl groups is 1. The highest BCUT2D eigenvalue weighted by molar-refractivity contribution is 7.89. The second kappa shape index (κ2) is 9.56. The molecular formula is C19H25N5O6S. The fourth-order valence-electron chi connectivity index (χ4n) is 3.17. The predicted octanol–water partition coefficient (Wildman–Crippen LogP) is 1.31. The van der Waals surface area contributed by atoms with E-state index in [2.05, 4.69) is 15.0 Å². The summed E-state index contributed by atoms with van der Waals surface area (Å²) in [5.41, 5.74) is 6.04. The molecule has 3 rings (SSSR count). The van der Waals surface area contributed by atoms with Crippen LogP contribution in [0, 0.1) is 6.92 Å². The third kappa shape index (κ3) is 5.10. The zero-order valence-electron chi connectivity index (χ0n) is 17.0. The summed E-state index contributed by atoms with van der Waals surface area (Å²) >= 11 is 0. The standard InChI is InChI=1S/C19H25N5O6S/c1-12-16(20)18(26)24(11-14-3-2-10-30-14)19(27)17(12)23-22-13-4-6-15(7-5-13)31(28,29)21-8-9-25/h4-7,14,21,25,27H,2-3,8-11,20H2,1H3/b23-22+. The molecule has 1 fully saturated rings. The van der Waals surface area contributed by atoms with Crippen LogP contribution in [0.2, 0.25) is 0 Å². The van der Waals surface area contributed by atoms with E-state index in [0.29, 0.717) is 17.9 Å². The molecule has 0 bridgehead atoms. The highest BCUT2D eigenvalue weighted by atomic mass is 32.2. The molecule has 12 heteroatoms. The largest absolute Gasteiger partial charge is 0.493 e. The molecule has 11 nitrogen and oxygen atoms in total. The van der Waals surface area contributed by atoms with Gasteiger partial charge in [0.15, 0.2) is 5.69 Å². The lowest BCUT2D eigenvalue weighted by molar-refractivity contribution is 0.0940. The maximum Gasteiger partial charge on any atom is 0.276 e. The smallest absolute Gasteiger partial charge is 0.276 e. The summed E-state index contributed by atoms with van der Waals surface area (Å²) < 4.78 is 33.0. The molecule has 31 heavy (non-hydrogen) atoms. The Labute approximate surface area is 179 Å². The quantitative estimate of drug-likeness (QED) is 0.439. The van der Waals surface area contributed by atoms with Crippen LogP contribution in [-0.2, 0) is 21.3 Å². The summed E-state index contributed by atoms with van der Waals surface area (Å²) in [6.07, 6.45) is 1.47. The van der Waals surface area contributed by atoms with Gasteiger partial charge >= 0.3 is 0 Å². The van der Waals surface area contributed by atoms with Crippen molar-refractivity contribution in [3.8, 4) is 5.88 Å². The van der Waals surface area contributed by atoms with E-state index in [1.807, 2.05) is 0 Å². The number of benzene rings is 1. The zero-order valence-corrected chi connectivity index (χ0v) is 17.8. The maximum atomic E-state index is 12.5. The van der Waals surface area contributed by atoms with E-state index in [1.54, 1.807) is 6.92 Å². The van der Waals surface area contributed by atoms with Crippen LogP contribution >= 0.6 is 0 Å². The number of azo groups is 1. The van der Waals surface area contributed by atoms with Gasteiger partial charge in [0, 0.05) is 18.7 Å². The number of sulfonamides is 1. The lowest BCUT2D eigenvalue weighted by atomic mass is 10.2. The Morgan fingerprint density at radius 2 is 2.00 bits per heavy atom. The van der Waals surface area contributed by atoms with Crippen molar-refractivity contribution in [2.24, 2.45) is 10.2 Å². The number of ether oxygens (including phenoxy) is 1. The van der Waals surface area contributed by atoms with Gasteiger partial charge < -0.3 is 20.7 Å². The SMILES string of the molecule is Cc1c(/N=N/c2ccc(S(=O)(=O)NCCO)cc2)c(O)n(CC2CCCO2)c(=O)c1N. The van der Waals surface area contributed by atoms with Crippen LogP contribution in [0.25, 0.3) is 0 Å². The summed E-state index contributed by atoms with van der Waals surface area (Å²) in [7, 11) is -3.74. The molecule has 5 N–H and O–H groups in total. The van der Waals surface area contributed by atoms with Crippen molar-refractivity contribution in [1.82, 2.24) is 9.29 Å². The minimum atomic E-state index is -3.74. The average Bonchev–Trinajstić information content (AvgIpc) is 3.27. The van der Waals surface area contributed by atoms with Gasteiger partial charge in [-0.25, -0.2) is 13.1 Å². The minimum absolute atomic E-state index is 0.00767. The highest BCUT2D eigenvalue weighted by Crippen LogP contribution is 2.34. The molecule has 1 aromatic carbocycles. The van der Waals surface area contributed by atoms with Crippen molar-refractivity contribution in [2.45, 2.75) is 37.3 Å². The summed E-state index contributed by atoms with van der Waals surface area (Å²) in [5.74, 6) is -0.358. The monoisotopic (exact) mass is 451 g/mol. The number of hydrogen-bond acceptors (Lipinski definition) is 9. The van der Waals surface area contributed by atoms with Gasteiger partial charge in [0.05, 0.1) is 29.8 Å². The van der Waals surface area contributed by atoms with Gasteiger partial charge in [0.1, 0.15) is 5.69 Å². The normalized spacial score (nSPS) is 16.9. The van der Waals surface area contributed by atoms with Gasteiger partial charge in [0.25, 0.3) is 5.56 Å². The van der Waals surface area contributed by atoms with Crippen LogP contribution in [0.4, 0.5) is 17.1 Å². The van der Waals surface area contributed by atoms with Crippen molar-refractivity contribution < 1.29 is 23.4 Å². The Balaban J connectivity index is 1.88. The fourth-order valence-corrected chi connectivity index (χ4v) is 4.19. The Bertz CT molecular complexity index is 1120. The lowest BCUT2D eigenvalue weighted by Crippen LogP contribution is -2.28. The molecule has 1 unspecified atom stereocenters.